The third-order valence-electron chi connectivity index (χ3n) is 5.44. The number of nitrogens with one attached hydrogen (secondary N) is 1. The summed E-state index contributed by atoms with van der Waals surface area (Å²) in [4.78, 5) is 9.76. The molecule has 5 heteroatoms. The molecule has 2 heterocycles. The normalized spacial score (nSPS) is 27.5. The van der Waals surface area contributed by atoms with Gasteiger partial charge >= 0.3 is 0 Å². The fraction of sp³-hybridized carbons (Fsp3) is 0.944. The van der Waals surface area contributed by atoms with Crippen molar-refractivity contribution in [3.8, 4) is 0 Å². The Morgan fingerprint density at radius 1 is 1.09 bits per heavy atom. The molecule has 0 aromatic carbocycles. The largest absolute Gasteiger partial charge is 0.370 e. The zero-order valence-corrected chi connectivity index (χ0v) is 15.3. The molecular weight excluding hydrogens is 286 g/mol. The van der Waals surface area contributed by atoms with E-state index < -0.39 is 0 Å². The number of hydrogen-bond acceptors (Lipinski definition) is 3. The van der Waals surface area contributed by atoms with Gasteiger partial charge in [-0.15, -0.1) is 0 Å². The number of rotatable bonds is 8. The fourth-order valence-electron chi connectivity index (χ4n) is 3.95. The van der Waals surface area contributed by atoms with Crippen LogP contribution in [0, 0.1) is 0 Å². The molecule has 0 aromatic rings. The first kappa shape index (κ1) is 18.5. The van der Waals surface area contributed by atoms with Gasteiger partial charge in [0.1, 0.15) is 0 Å². The lowest BCUT2D eigenvalue weighted by Gasteiger charge is -2.36. The predicted octanol–water partition coefficient (Wildman–Crippen LogP) is 2.03. The second-order valence-electron chi connectivity index (χ2n) is 7.07. The molecule has 2 atom stereocenters. The third-order valence-corrected chi connectivity index (χ3v) is 5.44. The molecule has 0 saturated carbocycles. The molecule has 0 aliphatic carbocycles. The number of guanidine groups is 1. The molecule has 2 aliphatic heterocycles. The first-order chi connectivity index (χ1) is 11.2. The van der Waals surface area contributed by atoms with Gasteiger partial charge in [0.15, 0.2) is 5.96 Å². The highest BCUT2D eigenvalue weighted by atomic mass is 15.2. The van der Waals surface area contributed by atoms with Crippen LogP contribution in [0.15, 0.2) is 4.99 Å². The minimum Gasteiger partial charge on any atom is -0.370 e. The summed E-state index contributed by atoms with van der Waals surface area (Å²) in [6, 6.07) is 1.22. The van der Waals surface area contributed by atoms with E-state index in [9.17, 15) is 0 Å². The maximum atomic E-state index is 6.10. The Labute approximate surface area is 142 Å². The van der Waals surface area contributed by atoms with Gasteiger partial charge in [0.05, 0.1) is 6.54 Å². The van der Waals surface area contributed by atoms with Crippen molar-refractivity contribution in [2.45, 2.75) is 70.9 Å². The van der Waals surface area contributed by atoms with Gasteiger partial charge in [0.25, 0.3) is 0 Å². The Hall–Kier alpha value is -0.810. The van der Waals surface area contributed by atoms with Gasteiger partial charge in [-0.05, 0) is 58.3 Å². The van der Waals surface area contributed by atoms with Crippen molar-refractivity contribution in [3.05, 3.63) is 0 Å². The highest BCUT2D eigenvalue weighted by molar-refractivity contribution is 5.77. The lowest BCUT2D eigenvalue weighted by Crippen LogP contribution is -2.48. The van der Waals surface area contributed by atoms with E-state index in [0.29, 0.717) is 18.0 Å². The van der Waals surface area contributed by atoms with E-state index in [4.69, 9.17) is 5.73 Å². The van der Waals surface area contributed by atoms with E-state index in [2.05, 4.69) is 34.0 Å². The number of nitrogens with zero attached hydrogens (tertiary/aromatic N) is 3. The summed E-state index contributed by atoms with van der Waals surface area (Å²) in [5.74, 6) is 0.633. The second kappa shape index (κ2) is 10.1. The molecule has 2 fully saturated rings. The Morgan fingerprint density at radius 2 is 1.87 bits per heavy atom. The third kappa shape index (κ3) is 5.96. The van der Waals surface area contributed by atoms with E-state index in [1.165, 1.54) is 64.6 Å². The van der Waals surface area contributed by atoms with Crippen molar-refractivity contribution < 1.29 is 0 Å². The first-order valence-corrected chi connectivity index (χ1v) is 9.76. The predicted molar refractivity (Wildman–Crippen MR) is 98.9 cm³/mol. The summed E-state index contributed by atoms with van der Waals surface area (Å²) in [5, 5.41) is 3.38. The smallest absolute Gasteiger partial charge is 0.188 e. The molecule has 2 rings (SSSR count). The molecule has 0 spiro atoms. The highest BCUT2D eigenvalue weighted by Crippen LogP contribution is 2.17. The number of hydrogen-bond donors (Lipinski definition) is 2. The minimum absolute atomic E-state index is 0.594. The van der Waals surface area contributed by atoms with Crippen molar-refractivity contribution in [1.29, 1.82) is 0 Å². The number of unbranched alkanes of at least 4 members (excludes halogenated alkanes) is 1. The lowest BCUT2D eigenvalue weighted by atomic mass is 10.0. The lowest BCUT2D eigenvalue weighted by molar-refractivity contribution is 0.147. The summed E-state index contributed by atoms with van der Waals surface area (Å²) in [5.41, 5.74) is 6.10. The van der Waals surface area contributed by atoms with E-state index in [-0.39, 0.29) is 0 Å². The van der Waals surface area contributed by atoms with E-state index in [1.807, 2.05) is 0 Å². The molecule has 0 bridgehead atoms. The van der Waals surface area contributed by atoms with Gasteiger partial charge < -0.3 is 11.1 Å². The van der Waals surface area contributed by atoms with E-state index in [1.54, 1.807) is 0 Å². The fourth-order valence-corrected chi connectivity index (χ4v) is 3.95. The quantitative estimate of drug-likeness (QED) is 0.530. The van der Waals surface area contributed by atoms with Crippen molar-refractivity contribution in [1.82, 2.24) is 15.1 Å². The second-order valence-corrected chi connectivity index (χ2v) is 7.07. The Morgan fingerprint density at radius 3 is 2.65 bits per heavy atom. The molecule has 2 saturated heterocycles. The topological polar surface area (TPSA) is 56.9 Å². The van der Waals surface area contributed by atoms with Gasteiger partial charge in [-0.3, -0.25) is 14.8 Å². The van der Waals surface area contributed by atoms with Gasteiger partial charge in [-0.1, -0.05) is 26.7 Å². The number of likely N-dealkylation sites (N-methyl/N-ethyl adjacent to an activating group) is 1. The van der Waals surface area contributed by atoms with Crippen LogP contribution in [-0.4, -0.2) is 67.1 Å². The zero-order chi connectivity index (χ0) is 16.5. The molecule has 0 amide bonds. The Balaban J connectivity index is 1.73. The molecule has 2 aliphatic rings. The van der Waals surface area contributed by atoms with Gasteiger partial charge in [-0.2, -0.15) is 0 Å². The molecule has 3 N–H and O–H groups in total. The summed E-state index contributed by atoms with van der Waals surface area (Å²) >= 11 is 0. The average molecular weight is 324 g/mol. The van der Waals surface area contributed by atoms with E-state index >= 15 is 0 Å². The van der Waals surface area contributed by atoms with Crippen LogP contribution in [0.4, 0.5) is 0 Å². The summed E-state index contributed by atoms with van der Waals surface area (Å²) in [7, 11) is 0. The van der Waals surface area contributed by atoms with Crippen LogP contribution in [0.25, 0.3) is 0 Å². The first-order valence-electron chi connectivity index (χ1n) is 9.76. The molecule has 23 heavy (non-hydrogen) atoms. The van der Waals surface area contributed by atoms with Crippen LogP contribution in [-0.2, 0) is 0 Å². The van der Waals surface area contributed by atoms with Gasteiger partial charge in [0.2, 0.25) is 0 Å². The molecule has 2 unspecified atom stereocenters. The van der Waals surface area contributed by atoms with Crippen molar-refractivity contribution >= 4 is 5.96 Å². The summed E-state index contributed by atoms with van der Waals surface area (Å²) < 4.78 is 0. The van der Waals surface area contributed by atoms with E-state index in [0.717, 1.165) is 19.6 Å². The van der Waals surface area contributed by atoms with Crippen molar-refractivity contribution in [2.24, 2.45) is 10.7 Å². The van der Waals surface area contributed by atoms with Crippen LogP contribution in [0.3, 0.4) is 0 Å². The molecule has 0 aromatic heterocycles. The summed E-state index contributed by atoms with van der Waals surface area (Å²) in [6.07, 6.45) is 9.12. The Kier molecular flexibility index (Phi) is 8.17. The number of nitrogens with two attached hydrogens (primary N) is 1. The minimum atomic E-state index is 0.594. The van der Waals surface area contributed by atoms with Crippen molar-refractivity contribution in [2.75, 3.05) is 39.3 Å². The molecular formula is C18H37N5. The van der Waals surface area contributed by atoms with Gasteiger partial charge in [-0.25, -0.2) is 0 Å². The standard InChI is InChI=1S/C18H37N5/c1-3-5-11-23-12-7-6-9-17(23)15-21-18(19)20-14-16-10-8-13-22(16)4-2/h16-17H,3-15H2,1-2H3,(H3,19,20,21). The number of likely N-dealkylation sites (tertiary alicyclic amines) is 2. The average Bonchev–Trinajstić information content (AvgIpc) is 3.04. The molecule has 0 radical (unpaired) electrons. The van der Waals surface area contributed by atoms with Crippen molar-refractivity contribution in [3.63, 3.8) is 0 Å². The molecule has 134 valence electrons. The van der Waals surface area contributed by atoms with Crippen LogP contribution in [0.2, 0.25) is 0 Å². The SMILES string of the molecule is CCCCN1CCCCC1CNC(N)=NCC1CCCN1CC. The highest BCUT2D eigenvalue weighted by Gasteiger charge is 2.23. The van der Waals surface area contributed by atoms with Crippen LogP contribution < -0.4 is 11.1 Å². The van der Waals surface area contributed by atoms with Gasteiger partial charge in [0, 0.05) is 18.6 Å². The maximum absolute atomic E-state index is 6.10. The van der Waals surface area contributed by atoms with Crippen LogP contribution in [0.5, 0.6) is 0 Å². The van der Waals surface area contributed by atoms with Crippen LogP contribution in [0.1, 0.15) is 58.8 Å². The number of piperidine rings is 1. The molecule has 5 nitrogen and oxygen atoms in total. The zero-order valence-electron chi connectivity index (χ0n) is 15.3. The monoisotopic (exact) mass is 323 g/mol. The van der Waals surface area contributed by atoms with Crippen LogP contribution >= 0.6 is 0 Å². The Bertz CT molecular complexity index is 357. The maximum Gasteiger partial charge on any atom is 0.188 e. The summed E-state index contributed by atoms with van der Waals surface area (Å²) in [6.45, 7) is 11.1. The number of aliphatic imine (C=N–C) groups is 1.